The first kappa shape index (κ1) is 22.6. The van der Waals surface area contributed by atoms with E-state index in [1.165, 1.54) is 10.5 Å². The molecule has 1 fully saturated rings. The molecule has 1 saturated heterocycles. The van der Waals surface area contributed by atoms with Gasteiger partial charge in [0.2, 0.25) is 15.9 Å². The molecule has 3 aromatic rings. The van der Waals surface area contributed by atoms with E-state index in [2.05, 4.69) is 15.6 Å². The number of rotatable bonds is 3. The summed E-state index contributed by atoms with van der Waals surface area (Å²) >= 11 is 0. The number of piperazine rings is 1. The molecule has 0 radical (unpaired) electrons. The Labute approximate surface area is 196 Å². The number of aromatic nitrogens is 2. The van der Waals surface area contributed by atoms with Crippen LogP contribution in [0.15, 0.2) is 38.3 Å². The summed E-state index contributed by atoms with van der Waals surface area (Å²) in [6, 6.07) is 5.22. The Morgan fingerprint density at radius 1 is 1.12 bits per heavy atom. The molecule has 2 aromatic heterocycles. The van der Waals surface area contributed by atoms with Crippen molar-refractivity contribution >= 4 is 21.6 Å². The third-order valence-corrected chi connectivity index (χ3v) is 8.21. The van der Waals surface area contributed by atoms with Crippen LogP contribution in [0.1, 0.15) is 17.2 Å². The topological polar surface area (TPSA) is 131 Å². The highest BCUT2D eigenvalue weighted by Crippen LogP contribution is 2.35. The molecule has 2 aliphatic heterocycles. The van der Waals surface area contributed by atoms with Crippen LogP contribution >= 0.6 is 0 Å². The predicted molar refractivity (Wildman–Crippen MR) is 121 cm³/mol. The summed E-state index contributed by atoms with van der Waals surface area (Å²) in [5.41, 5.74) is 3.04. The second kappa shape index (κ2) is 8.53. The van der Waals surface area contributed by atoms with Gasteiger partial charge in [-0.2, -0.15) is 4.31 Å². The molecular formula is C22H25N5O6S. The van der Waals surface area contributed by atoms with E-state index < -0.39 is 10.0 Å². The van der Waals surface area contributed by atoms with Crippen LogP contribution in [0.2, 0.25) is 0 Å². The molecule has 1 atom stereocenters. The number of carbonyl (C=O) groups excluding carboxylic acids is 1. The highest BCUT2D eigenvalue weighted by atomic mass is 32.2. The highest BCUT2D eigenvalue weighted by molar-refractivity contribution is 7.89. The van der Waals surface area contributed by atoms with E-state index in [1.807, 2.05) is 30.9 Å². The van der Waals surface area contributed by atoms with Crippen LogP contribution in [-0.2, 0) is 14.8 Å². The normalized spacial score (nSPS) is 19.9. The Bertz CT molecular complexity index is 1330. The third-order valence-electron chi connectivity index (χ3n) is 6.25. The molecule has 0 unspecified atom stereocenters. The molecule has 0 bridgehead atoms. The fraction of sp³-hybridized carbons (Fsp3) is 0.409. The summed E-state index contributed by atoms with van der Waals surface area (Å²) in [7, 11) is -3.76. The maximum atomic E-state index is 13.1. The van der Waals surface area contributed by atoms with Crippen LogP contribution in [-0.4, -0.2) is 72.7 Å². The Morgan fingerprint density at radius 3 is 2.65 bits per heavy atom. The third kappa shape index (κ3) is 3.97. The van der Waals surface area contributed by atoms with Crippen molar-refractivity contribution < 1.29 is 27.0 Å². The SMILES string of the molecule is Cc1noc(C)c1-c1ccc2c(c1)NC(=O)CN1CCN(S(=O)(=O)c3cnoc3C)C[C@@H]1CO2. The molecule has 4 heterocycles. The predicted octanol–water partition coefficient (Wildman–Crippen LogP) is 1.96. The fourth-order valence-electron chi connectivity index (χ4n) is 4.49. The number of carbonyl (C=O) groups is 1. The molecule has 0 spiro atoms. The molecule has 11 nitrogen and oxygen atoms in total. The summed E-state index contributed by atoms with van der Waals surface area (Å²) in [6.07, 6.45) is 1.22. The van der Waals surface area contributed by atoms with Crippen molar-refractivity contribution in [1.29, 1.82) is 0 Å². The number of sulfonamides is 1. The van der Waals surface area contributed by atoms with Gasteiger partial charge in [0, 0.05) is 25.2 Å². The summed E-state index contributed by atoms with van der Waals surface area (Å²) < 4.78 is 43.9. The Kier molecular flexibility index (Phi) is 5.66. The lowest BCUT2D eigenvalue weighted by Gasteiger charge is -2.39. The highest BCUT2D eigenvalue weighted by Gasteiger charge is 2.37. The van der Waals surface area contributed by atoms with E-state index in [0.29, 0.717) is 23.7 Å². The number of benzene rings is 1. The monoisotopic (exact) mass is 487 g/mol. The number of nitrogens with zero attached hydrogens (tertiary/aromatic N) is 4. The summed E-state index contributed by atoms with van der Waals surface area (Å²) in [5, 5.41) is 10.5. The standard InChI is InChI=1S/C22H25N5O6S/c1-13-22(15(3)33-25-13)16-4-5-19-18(8-16)24-21(28)11-26-6-7-27(10-17(26)12-31-19)34(29,30)20-9-23-32-14(20)2/h4-5,8-9,17H,6-7,10-12H2,1-3H3,(H,24,28)/t17-/m1/s1. The number of hydrogen-bond acceptors (Lipinski definition) is 9. The molecule has 5 rings (SSSR count). The first-order chi connectivity index (χ1) is 16.2. The Morgan fingerprint density at radius 2 is 1.94 bits per heavy atom. The summed E-state index contributed by atoms with van der Waals surface area (Å²) in [4.78, 5) is 14.9. The van der Waals surface area contributed by atoms with Crippen LogP contribution in [0.5, 0.6) is 5.75 Å². The van der Waals surface area contributed by atoms with Crippen LogP contribution < -0.4 is 10.1 Å². The molecule has 2 aliphatic rings. The van der Waals surface area contributed by atoms with Crippen LogP contribution in [0.3, 0.4) is 0 Å². The number of anilines is 1. The second-order valence-electron chi connectivity index (χ2n) is 8.50. The molecule has 12 heteroatoms. The van der Waals surface area contributed by atoms with Gasteiger partial charge in [-0.3, -0.25) is 9.69 Å². The van der Waals surface area contributed by atoms with Crippen LogP contribution in [0.25, 0.3) is 11.1 Å². The first-order valence-corrected chi connectivity index (χ1v) is 12.3. The number of fused-ring (bicyclic) bond motifs is 2. The van der Waals surface area contributed by atoms with Crippen molar-refractivity contribution in [1.82, 2.24) is 19.5 Å². The van der Waals surface area contributed by atoms with Gasteiger partial charge < -0.3 is 19.1 Å². The number of amides is 1. The average molecular weight is 488 g/mol. The molecule has 34 heavy (non-hydrogen) atoms. The van der Waals surface area contributed by atoms with Gasteiger partial charge in [0.25, 0.3) is 0 Å². The minimum Gasteiger partial charge on any atom is -0.490 e. The fourth-order valence-corrected chi connectivity index (χ4v) is 6.04. The van der Waals surface area contributed by atoms with E-state index in [4.69, 9.17) is 13.8 Å². The molecule has 180 valence electrons. The maximum absolute atomic E-state index is 13.1. The second-order valence-corrected chi connectivity index (χ2v) is 10.4. The Hall–Kier alpha value is -3.22. The van der Waals surface area contributed by atoms with Crippen molar-refractivity contribution in [2.75, 3.05) is 38.1 Å². The van der Waals surface area contributed by atoms with Gasteiger partial charge >= 0.3 is 0 Å². The van der Waals surface area contributed by atoms with Crippen molar-refractivity contribution in [2.45, 2.75) is 31.7 Å². The van der Waals surface area contributed by atoms with E-state index in [9.17, 15) is 13.2 Å². The minimum absolute atomic E-state index is 0.0554. The molecular weight excluding hydrogens is 462 g/mol. The lowest BCUT2D eigenvalue weighted by Crippen LogP contribution is -2.57. The zero-order valence-electron chi connectivity index (χ0n) is 19.1. The van der Waals surface area contributed by atoms with E-state index in [-0.39, 0.29) is 48.8 Å². The number of ether oxygens (including phenoxy) is 1. The van der Waals surface area contributed by atoms with Gasteiger partial charge in [0.1, 0.15) is 23.0 Å². The summed E-state index contributed by atoms with van der Waals surface area (Å²) in [6.45, 7) is 6.45. The van der Waals surface area contributed by atoms with Crippen molar-refractivity contribution in [3.05, 3.63) is 41.6 Å². The Balaban J connectivity index is 1.40. The van der Waals surface area contributed by atoms with Gasteiger partial charge in [-0.15, -0.1) is 0 Å². The average Bonchev–Trinajstić information content (AvgIpc) is 3.39. The molecule has 1 aromatic carbocycles. The lowest BCUT2D eigenvalue weighted by atomic mass is 10.0. The lowest BCUT2D eigenvalue weighted by molar-refractivity contribution is -0.118. The van der Waals surface area contributed by atoms with Gasteiger partial charge in [0.15, 0.2) is 5.76 Å². The first-order valence-electron chi connectivity index (χ1n) is 10.9. The molecule has 0 aliphatic carbocycles. The zero-order valence-corrected chi connectivity index (χ0v) is 19.9. The van der Waals surface area contributed by atoms with Crippen molar-refractivity contribution in [3.8, 4) is 16.9 Å². The van der Waals surface area contributed by atoms with Crippen molar-refractivity contribution in [2.24, 2.45) is 0 Å². The van der Waals surface area contributed by atoms with E-state index in [1.54, 1.807) is 13.0 Å². The van der Waals surface area contributed by atoms with Gasteiger partial charge in [0.05, 0.1) is 30.2 Å². The van der Waals surface area contributed by atoms with Crippen molar-refractivity contribution in [3.63, 3.8) is 0 Å². The van der Waals surface area contributed by atoms with Crippen LogP contribution in [0, 0.1) is 20.8 Å². The van der Waals surface area contributed by atoms with Crippen LogP contribution in [0.4, 0.5) is 5.69 Å². The number of hydrogen-bond donors (Lipinski definition) is 1. The number of aryl methyl sites for hydroxylation is 3. The smallest absolute Gasteiger partial charge is 0.248 e. The maximum Gasteiger partial charge on any atom is 0.248 e. The minimum atomic E-state index is -3.76. The van der Waals surface area contributed by atoms with E-state index in [0.717, 1.165) is 16.8 Å². The molecule has 1 amide bonds. The molecule has 1 N–H and O–H groups in total. The van der Waals surface area contributed by atoms with Gasteiger partial charge in [-0.25, -0.2) is 8.42 Å². The summed E-state index contributed by atoms with van der Waals surface area (Å²) in [5.74, 6) is 1.25. The van der Waals surface area contributed by atoms with E-state index >= 15 is 0 Å². The van der Waals surface area contributed by atoms with Gasteiger partial charge in [-0.05, 0) is 38.5 Å². The van der Waals surface area contributed by atoms with Gasteiger partial charge in [-0.1, -0.05) is 16.4 Å². The quantitative estimate of drug-likeness (QED) is 0.589. The largest absolute Gasteiger partial charge is 0.490 e. The number of nitrogens with one attached hydrogen (secondary N) is 1. The molecule has 0 saturated carbocycles. The zero-order chi connectivity index (χ0) is 24.0.